The third kappa shape index (κ3) is 4.93. The summed E-state index contributed by atoms with van der Waals surface area (Å²) < 4.78 is 5.55. The van der Waals surface area contributed by atoms with Gasteiger partial charge in [0, 0.05) is 27.5 Å². The van der Waals surface area contributed by atoms with Crippen LogP contribution in [0.2, 0.25) is 0 Å². The molecule has 0 unspecified atom stereocenters. The maximum absolute atomic E-state index is 11.1. The van der Waals surface area contributed by atoms with E-state index in [9.17, 15) is 4.79 Å². The molecule has 34 heavy (non-hydrogen) atoms. The first-order chi connectivity index (χ1) is 16.5. The molecule has 8 heteroatoms. The van der Waals surface area contributed by atoms with Gasteiger partial charge in [-0.2, -0.15) is 4.98 Å². The summed E-state index contributed by atoms with van der Waals surface area (Å²) in [6.45, 7) is 2.56. The van der Waals surface area contributed by atoms with E-state index in [1.807, 2.05) is 37.3 Å². The molecule has 0 atom stereocenters. The Balaban J connectivity index is 1.30. The largest absolute Gasteiger partial charge is 0.477 e. The number of hydrogen-bond acceptors (Lipinski definition) is 7. The van der Waals surface area contributed by atoms with Gasteiger partial charge in [0.25, 0.3) is 0 Å². The number of aryl methyl sites for hydroxylation is 1. The van der Waals surface area contributed by atoms with E-state index < -0.39 is 5.97 Å². The zero-order valence-electron chi connectivity index (χ0n) is 18.3. The average Bonchev–Trinajstić information content (AvgIpc) is 3.61. The van der Waals surface area contributed by atoms with E-state index >= 15 is 0 Å². The number of benzene rings is 2. The van der Waals surface area contributed by atoms with Crippen molar-refractivity contribution >= 4 is 34.3 Å². The smallest absolute Gasteiger partial charge is 0.345 e. The van der Waals surface area contributed by atoms with E-state index in [-0.39, 0.29) is 0 Å². The van der Waals surface area contributed by atoms with Gasteiger partial charge in [-0.25, -0.2) is 4.79 Å². The van der Waals surface area contributed by atoms with Gasteiger partial charge in [0.05, 0.1) is 6.42 Å². The average molecular weight is 488 g/mol. The number of rotatable bonds is 8. The molecular weight excluding hydrogens is 466 g/mol. The fourth-order valence-corrected chi connectivity index (χ4v) is 5.13. The van der Waals surface area contributed by atoms with E-state index in [2.05, 4.69) is 51.2 Å². The van der Waals surface area contributed by atoms with Crippen LogP contribution >= 0.6 is 22.7 Å². The van der Waals surface area contributed by atoms with E-state index in [1.165, 1.54) is 21.8 Å². The first-order valence-electron chi connectivity index (χ1n) is 10.7. The van der Waals surface area contributed by atoms with Crippen LogP contribution in [-0.2, 0) is 13.0 Å². The lowest BCUT2D eigenvalue weighted by Crippen LogP contribution is -2.00. The zero-order valence-corrected chi connectivity index (χ0v) is 20.0. The molecule has 5 aromatic rings. The molecule has 0 spiro atoms. The van der Waals surface area contributed by atoms with Crippen molar-refractivity contribution < 1.29 is 14.4 Å². The zero-order chi connectivity index (χ0) is 23.5. The van der Waals surface area contributed by atoms with Crippen LogP contribution in [-0.4, -0.2) is 21.2 Å². The number of carboxylic acids is 1. The molecule has 0 amide bonds. The van der Waals surface area contributed by atoms with Gasteiger partial charge in [-0.1, -0.05) is 41.6 Å². The summed E-state index contributed by atoms with van der Waals surface area (Å²) in [6.07, 6.45) is 0.563. The van der Waals surface area contributed by atoms with Crippen molar-refractivity contribution in [2.75, 3.05) is 5.32 Å². The Morgan fingerprint density at radius 1 is 1.06 bits per heavy atom. The molecular formula is C26H21N3O3S2. The maximum atomic E-state index is 11.1. The minimum absolute atomic E-state index is 0.336. The van der Waals surface area contributed by atoms with Crippen molar-refractivity contribution in [3.05, 3.63) is 98.9 Å². The highest BCUT2D eigenvalue weighted by Crippen LogP contribution is 2.28. The van der Waals surface area contributed by atoms with Crippen LogP contribution in [0, 0.1) is 6.92 Å². The summed E-state index contributed by atoms with van der Waals surface area (Å²) in [5, 5.41) is 18.8. The Kier molecular flexibility index (Phi) is 6.24. The van der Waals surface area contributed by atoms with Crippen LogP contribution in [0.1, 0.15) is 31.6 Å². The number of carboxylic acid groups (broad SMARTS) is 1. The van der Waals surface area contributed by atoms with E-state index in [1.54, 1.807) is 17.4 Å². The van der Waals surface area contributed by atoms with Gasteiger partial charge < -0.3 is 14.9 Å². The van der Waals surface area contributed by atoms with Crippen molar-refractivity contribution in [3.8, 4) is 21.8 Å². The van der Waals surface area contributed by atoms with Crippen LogP contribution in [0.3, 0.4) is 0 Å². The van der Waals surface area contributed by atoms with Crippen molar-refractivity contribution in [3.63, 3.8) is 0 Å². The molecule has 6 nitrogen and oxygen atoms in total. The summed E-state index contributed by atoms with van der Waals surface area (Å²) >= 11 is 2.99. The summed E-state index contributed by atoms with van der Waals surface area (Å²) in [4.78, 5) is 18.2. The highest BCUT2D eigenvalue weighted by atomic mass is 32.1. The van der Waals surface area contributed by atoms with Crippen LogP contribution in [0.4, 0.5) is 5.69 Å². The van der Waals surface area contributed by atoms with Crippen LogP contribution in [0.15, 0.2) is 76.6 Å². The number of thiophene rings is 2. The number of aromatic carboxylic acids is 1. The predicted molar refractivity (Wildman–Crippen MR) is 136 cm³/mol. The molecule has 0 aliphatic rings. The van der Waals surface area contributed by atoms with Crippen molar-refractivity contribution in [2.24, 2.45) is 0 Å². The molecule has 0 aliphatic carbocycles. The Labute approximate surface area is 204 Å². The summed E-state index contributed by atoms with van der Waals surface area (Å²) in [5.74, 6) is 0.200. The van der Waals surface area contributed by atoms with Crippen LogP contribution in [0.5, 0.6) is 0 Å². The molecule has 0 radical (unpaired) electrons. The Hall–Kier alpha value is -3.75. The fraction of sp³-hybridized carbons (Fsp3) is 0.115. The topological polar surface area (TPSA) is 88.3 Å². The highest BCUT2D eigenvalue weighted by molar-refractivity contribution is 7.14. The second-order valence-electron chi connectivity index (χ2n) is 7.82. The fourth-order valence-electron chi connectivity index (χ4n) is 3.62. The maximum Gasteiger partial charge on any atom is 0.345 e. The first-order valence-corrected chi connectivity index (χ1v) is 12.4. The summed E-state index contributed by atoms with van der Waals surface area (Å²) in [6, 6.07) is 22.0. The van der Waals surface area contributed by atoms with Gasteiger partial charge in [0.2, 0.25) is 11.7 Å². The molecule has 3 heterocycles. The molecule has 2 aromatic carbocycles. The van der Waals surface area contributed by atoms with Crippen LogP contribution in [0.25, 0.3) is 21.8 Å². The molecule has 0 fully saturated rings. The standard InChI is InChI=1S/C26H21N3O3S2/c1-16-7-8-19(14-21(16)27-15-20-9-10-23(34-20)26(30)31)25-28-24(32-29-25)13-17-4-2-5-18(12-17)22-6-3-11-33-22/h2-12,14,27H,13,15H2,1H3,(H,30,31). The minimum Gasteiger partial charge on any atom is -0.477 e. The molecule has 0 saturated heterocycles. The summed E-state index contributed by atoms with van der Waals surface area (Å²) in [5.41, 5.74) is 5.17. The van der Waals surface area contributed by atoms with Crippen molar-refractivity contribution in [2.45, 2.75) is 19.9 Å². The van der Waals surface area contributed by atoms with Crippen LogP contribution < -0.4 is 5.32 Å². The Bertz CT molecular complexity index is 1440. The van der Waals surface area contributed by atoms with Gasteiger partial charge in [-0.3, -0.25) is 0 Å². The van der Waals surface area contributed by atoms with Gasteiger partial charge in [-0.15, -0.1) is 22.7 Å². The number of nitrogens with zero attached hydrogens (tertiary/aromatic N) is 2. The predicted octanol–water partition coefficient (Wildman–Crippen LogP) is 6.74. The van der Waals surface area contributed by atoms with E-state index in [4.69, 9.17) is 9.63 Å². The number of anilines is 1. The molecule has 0 saturated carbocycles. The minimum atomic E-state index is -0.902. The third-order valence-electron chi connectivity index (χ3n) is 5.38. The lowest BCUT2D eigenvalue weighted by molar-refractivity contribution is 0.0702. The number of hydrogen-bond donors (Lipinski definition) is 2. The number of aromatic nitrogens is 2. The van der Waals surface area contributed by atoms with Gasteiger partial charge in [0.15, 0.2) is 0 Å². The van der Waals surface area contributed by atoms with Crippen molar-refractivity contribution in [1.82, 2.24) is 10.1 Å². The van der Waals surface area contributed by atoms with E-state index in [0.29, 0.717) is 29.6 Å². The third-order valence-corrected chi connectivity index (χ3v) is 7.37. The quantitative estimate of drug-likeness (QED) is 0.252. The number of nitrogens with one attached hydrogen (secondary N) is 1. The lowest BCUT2D eigenvalue weighted by atomic mass is 10.1. The van der Waals surface area contributed by atoms with Gasteiger partial charge in [0.1, 0.15) is 4.88 Å². The first kappa shape index (κ1) is 22.1. The second kappa shape index (κ2) is 9.62. The second-order valence-corrected chi connectivity index (χ2v) is 9.94. The monoisotopic (exact) mass is 487 g/mol. The SMILES string of the molecule is Cc1ccc(-c2noc(Cc3cccc(-c4cccs4)c3)n2)cc1NCc1ccc(C(=O)O)s1. The number of carbonyl (C=O) groups is 1. The highest BCUT2D eigenvalue weighted by Gasteiger charge is 2.12. The molecule has 5 rings (SSSR count). The molecule has 3 aromatic heterocycles. The van der Waals surface area contributed by atoms with Crippen molar-refractivity contribution in [1.29, 1.82) is 0 Å². The Morgan fingerprint density at radius 2 is 1.97 bits per heavy atom. The van der Waals surface area contributed by atoms with E-state index in [0.717, 1.165) is 27.3 Å². The normalized spacial score (nSPS) is 11.0. The molecule has 2 N–H and O–H groups in total. The van der Waals surface area contributed by atoms with Gasteiger partial charge in [-0.05, 0) is 59.3 Å². The lowest BCUT2D eigenvalue weighted by Gasteiger charge is -2.09. The molecule has 0 bridgehead atoms. The Morgan fingerprint density at radius 3 is 2.76 bits per heavy atom. The molecule has 170 valence electrons. The summed E-state index contributed by atoms with van der Waals surface area (Å²) in [7, 11) is 0. The molecule has 0 aliphatic heterocycles. The van der Waals surface area contributed by atoms with Gasteiger partial charge >= 0.3 is 5.97 Å².